The van der Waals surface area contributed by atoms with Crippen LogP contribution in [0.2, 0.25) is 0 Å². The molecule has 122 valence electrons. The van der Waals surface area contributed by atoms with Crippen molar-refractivity contribution >= 4 is 5.91 Å². The van der Waals surface area contributed by atoms with E-state index in [-0.39, 0.29) is 11.8 Å². The minimum Gasteiger partial charge on any atom is -0.480 e. The van der Waals surface area contributed by atoms with Gasteiger partial charge in [-0.2, -0.15) is 0 Å². The Balaban J connectivity index is 1.89. The highest BCUT2D eigenvalue weighted by Gasteiger charge is 2.27. The minimum absolute atomic E-state index is 0.0919. The molecular formula is C16H20N4O3. The number of aromatic nitrogens is 3. The van der Waals surface area contributed by atoms with Crippen molar-refractivity contribution in [1.29, 1.82) is 0 Å². The molecule has 0 radical (unpaired) electrons. The largest absolute Gasteiger partial charge is 0.480 e. The van der Waals surface area contributed by atoms with Crippen LogP contribution in [0.5, 0.6) is 5.88 Å². The number of ether oxygens (including phenoxy) is 2. The fourth-order valence-corrected chi connectivity index (χ4v) is 2.93. The molecule has 0 saturated heterocycles. The number of carbonyl (C=O) groups excluding carboxylic acids is 1. The summed E-state index contributed by atoms with van der Waals surface area (Å²) in [6.45, 7) is 2.51. The Kier molecular flexibility index (Phi) is 4.57. The summed E-state index contributed by atoms with van der Waals surface area (Å²) < 4.78 is 12.6. The van der Waals surface area contributed by atoms with Crippen LogP contribution in [0.1, 0.15) is 16.1 Å². The summed E-state index contributed by atoms with van der Waals surface area (Å²) in [5.41, 5.74) is 1.49. The lowest BCUT2D eigenvalue weighted by Crippen LogP contribution is -2.35. The van der Waals surface area contributed by atoms with Gasteiger partial charge in [0.25, 0.3) is 5.91 Å². The topological polar surface area (TPSA) is 69.5 Å². The van der Waals surface area contributed by atoms with E-state index in [4.69, 9.17) is 9.47 Å². The lowest BCUT2D eigenvalue weighted by Gasteiger charge is -2.24. The van der Waals surface area contributed by atoms with E-state index in [1.165, 1.54) is 7.11 Å². The molecule has 0 aliphatic carbocycles. The Bertz CT molecular complexity index is 685. The number of pyridine rings is 1. The highest BCUT2D eigenvalue weighted by molar-refractivity contribution is 5.96. The summed E-state index contributed by atoms with van der Waals surface area (Å²) >= 11 is 0. The van der Waals surface area contributed by atoms with Crippen molar-refractivity contribution in [2.24, 2.45) is 5.92 Å². The van der Waals surface area contributed by atoms with Crippen molar-refractivity contribution in [2.75, 3.05) is 27.4 Å². The molecule has 2 aromatic rings. The maximum absolute atomic E-state index is 12.9. The number of hydrogen-bond acceptors (Lipinski definition) is 5. The van der Waals surface area contributed by atoms with E-state index < -0.39 is 0 Å². The molecule has 0 aromatic carbocycles. The molecule has 0 unspecified atom stereocenters. The van der Waals surface area contributed by atoms with Crippen LogP contribution in [0.15, 0.2) is 30.9 Å². The fourth-order valence-electron chi connectivity index (χ4n) is 2.93. The van der Waals surface area contributed by atoms with Crippen molar-refractivity contribution in [3.05, 3.63) is 42.1 Å². The van der Waals surface area contributed by atoms with Crippen LogP contribution in [0.3, 0.4) is 0 Å². The van der Waals surface area contributed by atoms with Crippen molar-refractivity contribution in [3.63, 3.8) is 0 Å². The second kappa shape index (κ2) is 6.78. The summed E-state index contributed by atoms with van der Waals surface area (Å²) in [6.07, 6.45) is 5.22. The molecule has 3 heterocycles. The molecule has 2 aromatic heterocycles. The van der Waals surface area contributed by atoms with Gasteiger partial charge < -0.3 is 18.9 Å². The van der Waals surface area contributed by atoms with Crippen LogP contribution in [-0.2, 0) is 17.8 Å². The van der Waals surface area contributed by atoms with Gasteiger partial charge in [-0.25, -0.2) is 9.97 Å². The van der Waals surface area contributed by atoms with Crippen molar-refractivity contribution < 1.29 is 14.3 Å². The SMILES string of the molecule is COC[C@H]1CN(C(=O)c2cccnc2OC)Cc2cncn2C1. The molecule has 7 nitrogen and oxygen atoms in total. The maximum atomic E-state index is 12.9. The number of nitrogens with zero attached hydrogens (tertiary/aromatic N) is 4. The molecule has 1 atom stereocenters. The molecule has 0 bridgehead atoms. The maximum Gasteiger partial charge on any atom is 0.259 e. The average Bonchev–Trinajstić information content (AvgIpc) is 2.93. The Hall–Kier alpha value is -2.41. The molecule has 0 spiro atoms. The molecule has 0 fully saturated rings. The summed E-state index contributed by atoms with van der Waals surface area (Å²) in [5.74, 6) is 0.464. The van der Waals surface area contributed by atoms with E-state index in [0.717, 1.165) is 12.2 Å². The van der Waals surface area contributed by atoms with Crippen molar-refractivity contribution in [1.82, 2.24) is 19.4 Å². The van der Waals surface area contributed by atoms with Gasteiger partial charge in [0, 0.05) is 38.5 Å². The monoisotopic (exact) mass is 316 g/mol. The van der Waals surface area contributed by atoms with Gasteiger partial charge in [0.2, 0.25) is 5.88 Å². The van der Waals surface area contributed by atoms with E-state index in [1.54, 1.807) is 38.0 Å². The van der Waals surface area contributed by atoms with E-state index in [1.807, 2.05) is 4.90 Å². The summed E-state index contributed by atoms with van der Waals surface area (Å²) in [7, 11) is 3.19. The van der Waals surface area contributed by atoms with E-state index >= 15 is 0 Å². The predicted molar refractivity (Wildman–Crippen MR) is 83.1 cm³/mol. The van der Waals surface area contributed by atoms with E-state index in [0.29, 0.717) is 31.1 Å². The smallest absolute Gasteiger partial charge is 0.259 e. The molecule has 3 rings (SSSR count). The minimum atomic E-state index is -0.0919. The number of carbonyl (C=O) groups is 1. The van der Waals surface area contributed by atoms with Crippen molar-refractivity contribution in [3.8, 4) is 5.88 Å². The van der Waals surface area contributed by atoms with Crippen LogP contribution in [0.25, 0.3) is 0 Å². The van der Waals surface area contributed by atoms with Crippen LogP contribution in [-0.4, -0.2) is 52.7 Å². The Labute approximate surface area is 134 Å². The number of fused-ring (bicyclic) bond motifs is 1. The molecule has 0 N–H and O–H groups in total. The number of amides is 1. The van der Waals surface area contributed by atoms with Crippen LogP contribution in [0, 0.1) is 5.92 Å². The Morgan fingerprint density at radius 1 is 1.39 bits per heavy atom. The third kappa shape index (κ3) is 3.19. The normalized spacial score (nSPS) is 17.5. The first kappa shape index (κ1) is 15.5. The lowest BCUT2D eigenvalue weighted by atomic mass is 10.1. The summed E-state index contributed by atoms with van der Waals surface area (Å²) in [4.78, 5) is 23.1. The summed E-state index contributed by atoms with van der Waals surface area (Å²) in [5, 5.41) is 0. The number of imidazole rings is 1. The fraction of sp³-hybridized carbons (Fsp3) is 0.438. The predicted octanol–water partition coefficient (Wildman–Crippen LogP) is 1.21. The highest BCUT2D eigenvalue weighted by Crippen LogP contribution is 2.22. The van der Waals surface area contributed by atoms with Crippen LogP contribution < -0.4 is 4.74 Å². The van der Waals surface area contributed by atoms with Gasteiger partial charge in [0.15, 0.2) is 0 Å². The zero-order chi connectivity index (χ0) is 16.2. The summed E-state index contributed by atoms with van der Waals surface area (Å²) in [6, 6.07) is 3.48. The third-order valence-electron chi connectivity index (χ3n) is 3.97. The third-order valence-corrected chi connectivity index (χ3v) is 3.97. The quantitative estimate of drug-likeness (QED) is 0.848. The van der Waals surface area contributed by atoms with Gasteiger partial charge >= 0.3 is 0 Å². The van der Waals surface area contributed by atoms with Crippen LogP contribution in [0.4, 0.5) is 0 Å². The molecular weight excluding hydrogens is 296 g/mol. The molecule has 23 heavy (non-hydrogen) atoms. The van der Waals surface area contributed by atoms with Gasteiger partial charge in [-0.3, -0.25) is 4.79 Å². The Morgan fingerprint density at radius 2 is 2.26 bits per heavy atom. The molecule has 1 amide bonds. The van der Waals surface area contributed by atoms with Gasteiger partial charge in [-0.1, -0.05) is 0 Å². The molecule has 1 aliphatic rings. The highest BCUT2D eigenvalue weighted by atomic mass is 16.5. The van der Waals surface area contributed by atoms with E-state index in [2.05, 4.69) is 14.5 Å². The number of hydrogen-bond donors (Lipinski definition) is 0. The van der Waals surface area contributed by atoms with Gasteiger partial charge in [0.1, 0.15) is 5.56 Å². The van der Waals surface area contributed by atoms with Gasteiger partial charge in [0.05, 0.1) is 32.3 Å². The van der Waals surface area contributed by atoms with E-state index in [9.17, 15) is 4.79 Å². The number of rotatable bonds is 4. The Morgan fingerprint density at radius 3 is 3.04 bits per heavy atom. The second-order valence-electron chi connectivity index (χ2n) is 5.60. The molecule has 7 heteroatoms. The first-order valence-electron chi connectivity index (χ1n) is 7.49. The second-order valence-corrected chi connectivity index (χ2v) is 5.60. The van der Waals surface area contributed by atoms with Gasteiger partial charge in [-0.15, -0.1) is 0 Å². The lowest BCUT2D eigenvalue weighted by molar-refractivity contribution is 0.0663. The van der Waals surface area contributed by atoms with Crippen LogP contribution >= 0.6 is 0 Å². The number of methoxy groups -OCH3 is 2. The standard InChI is InChI=1S/C16H20N4O3/c1-22-10-12-7-19(9-13-6-17-11-20(13)8-12)16(21)14-4-3-5-18-15(14)23-2/h3-6,11-12H,7-10H2,1-2H3/t12-/m0/s1. The van der Waals surface area contributed by atoms with Gasteiger partial charge in [-0.05, 0) is 12.1 Å². The first-order valence-corrected chi connectivity index (χ1v) is 7.49. The first-order chi connectivity index (χ1) is 11.2. The zero-order valence-corrected chi connectivity index (χ0v) is 13.3. The molecule has 0 saturated carbocycles. The average molecular weight is 316 g/mol. The molecule has 1 aliphatic heterocycles. The van der Waals surface area contributed by atoms with Crippen molar-refractivity contribution in [2.45, 2.75) is 13.1 Å². The zero-order valence-electron chi connectivity index (χ0n) is 13.3.